The number of hydrogen-bond donors (Lipinski definition) is 0. The second kappa shape index (κ2) is 9.22. The minimum Gasteiger partial charge on any atom is -0.378 e. The Morgan fingerprint density at radius 3 is 2.41 bits per heavy atom. The van der Waals surface area contributed by atoms with Crippen LogP contribution in [0, 0.1) is 19.7 Å². The second-order valence-corrected chi connectivity index (χ2v) is 8.35. The van der Waals surface area contributed by atoms with Crippen LogP contribution in [0.3, 0.4) is 0 Å². The molecule has 3 nitrogen and oxygen atoms in total. The molecule has 2 aromatic carbocycles. The number of alkyl halides is 2. The van der Waals surface area contributed by atoms with Gasteiger partial charge in [0.25, 0.3) is 5.92 Å². The highest BCUT2D eigenvalue weighted by Gasteiger charge is 2.23. The molecule has 29 heavy (non-hydrogen) atoms. The van der Waals surface area contributed by atoms with Gasteiger partial charge < -0.3 is 9.64 Å². The fourth-order valence-electron chi connectivity index (χ4n) is 3.00. The SMILES string of the molecule is Cc1ccc(C(=Nc2cc(SCC(C)(F)F)c(C)cc2F)N2CCOCC2)cc1. The molecule has 1 fully saturated rings. The van der Waals surface area contributed by atoms with Crippen molar-refractivity contribution >= 4 is 23.3 Å². The summed E-state index contributed by atoms with van der Waals surface area (Å²) >= 11 is 1.02. The van der Waals surface area contributed by atoms with E-state index in [2.05, 4.69) is 9.89 Å². The van der Waals surface area contributed by atoms with E-state index in [1.807, 2.05) is 31.2 Å². The van der Waals surface area contributed by atoms with Gasteiger partial charge >= 0.3 is 0 Å². The molecule has 156 valence electrons. The van der Waals surface area contributed by atoms with Crippen molar-refractivity contribution in [3.8, 4) is 0 Å². The van der Waals surface area contributed by atoms with E-state index in [-0.39, 0.29) is 11.4 Å². The van der Waals surface area contributed by atoms with Gasteiger partial charge in [-0.2, -0.15) is 0 Å². The summed E-state index contributed by atoms with van der Waals surface area (Å²) in [5.74, 6) is -2.96. The Kier molecular flexibility index (Phi) is 6.90. The molecule has 1 aliphatic rings. The molecular formula is C22H25F3N2OS. The lowest BCUT2D eigenvalue weighted by atomic mass is 10.1. The molecule has 0 spiro atoms. The Morgan fingerprint density at radius 1 is 1.14 bits per heavy atom. The summed E-state index contributed by atoms with van der Waals surface area (Å²) in [6.07, 6.45) is 0. The van der Waals surface area contributed by atoms with E-state index in [9.17, 15) is 13.2 Å². The zero-order valence-electron chi connectivity index (χ0n) is 16.8. The van der Waals surface area contributed by atoms with Gasteiger partial charge in [-0.05, 0) is 31.5 Å². The molecule has 0 saturated carbocycles. The van der Waals surface area contributed by atoms with E-state index in [1.54, 1.807) is 13.0 Å². The number of nitrogens with zero attached hydrogens (tertiary/aromatic N) is 2. The Morgan fingerprint density at radius 2 is 1.79 bits per heavy atom. The molecule has 0 aliphatic carbocycles. The number of amidine groups is 1. The number of benzene rings is 2. The van der Waals surface area contributed by atoms with E-state index in [0.29, 0.717) is 42.6 Å². The molecule has 1 aliphatic heterocycles. The lowest BCUT2D eigenvalue weighted by molar-refractivity contribution is 0.0492. The number of aliphatic imine (C=N–C) groups is 1. The number of hydrogen-bond acceptors (Lipinski definition) is 3. The Hall–Kier alpha value is -1.99. The van der Waals surface area contributed by atoms with Crippen LogP contribution >= 0.6 is 11.8 Å². The van der Waals surface area contributed by atoms with Crippen molar-refractivity contribution in [1.82, 2.24) is 4.90 Å². The highest BCUT2D eigenvalue weighted by atomic mass is 32.2. The van der Waals surface area contributed by atoms with Crippen molar-refractivity contribution in [2.75, 3.05) is 32.1 Å². The molecule has 3 rings (SSSR count). The van der Waals surface area contributed by atoms with Gasteiger partial charge in [-0.1, -0.05) is 29.8 Å². The smallest absolute Gasteiger partial charge is 0.254 e. The Labute approximate surface area is 174 Å². The molecule has 0 radical (unpaired) electrons. The Bertz CT molecular complexity index is 873. The van der Waals surface area contributed by atoms with Crippen LogP contribution in [0.4, 0.5) is 18.9 Å². The van der Waals surface area contributed by atoms with Crippen molar-refractivity contribution < 1.29 is 17.9 Å². The number of ether oxygens (including phenoxy) is 1. The zero-order valence-corrected chi connectivity index (χ0v) is 17.7. The van der Waals surface area contributed by atoms with Crippen LogP contribution in [-0.4, -0.2) is 48.7 Å². The second-order valence-electron chi connectivity index (χ2n) is 7.33. The van der Waals surface area contributed by atoms with Crippen LogP contribution in [-0.2, 0) is 4.74 Å². The third-order valence-corrected chi connectivity index (χ3v) is 5.97. The minimum atomic E-state index is -2.80. The molecule has 0 aromatic heterocycles. The third kappa shape index (κ3) is 6.00. The molecule has 2 aromatic rings. The van der Waals surface area contributed by atoms with E-state index < -0.39 is 11.7 Å². The first-order valence-corrected chi connectivity index (χ1v) is 10.5. The van der Waals surface area contributed by atoms with E-state index in [4.69, 9.17) is 4.74 Å². The summed E-state index contributed by atoms with van der Waals surface area (Å²) in [4.78, 5) is 7.32. The van der Waals surface area contributed by atoms with Crippen LogP contribution in [0.5, 0.6) is 0 Å². The molecule has 0 unspecified atom stereocenters. The largest absolute Gasteiger partial charge is 0.378 e. The first kappa shape index (κ1) is 21.7. The van der Waals surface area contributed by atoms with Crippen molar-refractivity contribution in [1.29, 1.82) is 0 Å². The van der Waals surface area contributed by atoms with E-state index >= 15 is 0 Å². The molecule has 1 heterocycles. The van der Waals surface area contributed by atoms with Crippen LogP contribution in [0.1, 0.15) is 23.6 Å². The molecule has 7 heteroatoms. The summed E-state index contributed by atoms with van der Waals surface area (Å²) in [5.41, 5.74) is 2.78. The highest BCUT2D eigenvalue weighted by Crippen LogP contribution is 2.33. The average Bonchev–Trinajstić information content (AvgIpc) is 2.67. The van der Waals surface area contributed by atoms with Crippen LogP contribution < -0.4 is 0 Å². The normalized spacial score (nSPS) is 15.7. The van der Waals surface area contributed by atoms with Gasteiger partial charge in [0.1, 0.15) is 17.3 Å². The third-order valence-electron chi connectivity index (χ3n) is 4.57. The van der Waals surface area contributed by atoms with E-state index in [1.165, 1.54) is 6.07 Å². The van der Waals surface area contributed by atoms with Crippen molar-refractivity contribution in [3.05, 3.63) is 58.9 Å². The lowest BCUT2D eigenvalue weighted by Gasteiger charge is -2.30. The van der Waals surface area contributed by atoms with Crippen molar-refractivity contribution in [3.63, 3.8) is 0 Å². The van der Waals surface area contributed by atoms with Crippen molar-refractivity contribution in [2.24, 2.45) is 4.99 Å². The minimum absolute atomic E-state index is 0.152. The van der Waals surface area contributed by atoms with Gasteiger partial charge in [0, 0.05) is 30.5 Å². The summed E-state index contributed by atoms with van der Waals surface area (Å²) < 4.78 is 46.7. The monoisotopic (exact) mass is 422 g/mol. The summed E-state index contributed by atoms with van der Waals surface area (Å²) in [6.45, 7) is 7.07. The van der Waals surface area contributed by atoms with Gasteiger partial charge in [0.2, 0.25) is 0 Å². The fourth-order valence-corrected chi connectivity index (χ4v) is 3.89. The Balaban J connectivity index is 2.00. The predicted molar refractivity (Wildman–Crippen MR) is 112 cm³/mol. The molecule has 0 amide bonds. The highest BCUT2D eigenvalue weighted by molar-refractivity contribution is 7.99. The molecular weight excluding hydrogens is 397 g/mol. The van der Waals surface area contributed by atoms with Gasteiger partial charge in [-0.15, -0.1) is 11.8 Å². The first-order valence-electron chi connectivity index (χ1n) is 9.52. The molecule has 0 bridgehead atoms. The van der Waals surface area contributed by atoms with Gasteiger partial charge in [0.05, 0.1) is 19.0 Å². The number of aryl methyl sites for hydroxylation is 2. The average molecular weight is 423 g/mol. The summed E-state index contributed by atoms with van der Waals surface area (Å²) in [5, 5.41) is 0. The quantitative estimate of drug-likeness (QED) is 0.356. The van der Waals surface area contributed by atoms with Crippen LogP contribution in [0.2, 0.25) is 0 Å². The maximum Gasteiger partial charge on any atom is 0.254 e. The lowest BCUT2D eigenvalue weighted by Crippen LogP contribution is -2.41. The molecule has 0 N–H and O–H groups in total. The standard InChI is InChI=1S/C22H25F3N2OS/c1-15-4-6-17(7-5-15)21(27-8-10-28-11-9-27)26-19-13-20(16(2)12-18(19)23)29-14-22(3,24)25/h4-7,12-13H,8-11,14H2,1-3H3. The maximum absolute atomic E-state index is 14.7. The zero-order chi connectivity index (χ0) is 21.0. The van der Waals surface area contributed by atoms with Gasteiger partial charge in [0.15, 0.2) is 0 Å². The number of thioether (sulfide) groups is 1. The van der Waals surface area contributed by atoms with Gasteiger partial charge in [-0.3, -0.25) is 0 Å². The molecule has 0 atom stereocenters. The van der Waals surface area contributed by atoms with Crippen LogP contribution in [0.15, 0.2) is 46.3 Å². The fraction of sp³-hybridized carbons (Fsp3) is 0.409. The van der Waals surface area contributed by atoms with Gasteiger partial charge in [-0.25, -0.2) is 18.2 Å². The maximum atomic E-state index is 14.7. The predicted octanol–water partition coefficient (Wildman–Crippen LogP) is 5.60. The number of rotatable bonds is 5. The molecule has 1 saturated heterocycles. The van der Waals surface area contributed by atoms with E-state index in [0.717, 1.165) is 29.8 Å². The number of halogens is 3. The number of morpholine rings is 1. The van der Waals surface area contributed by atoms with Crippen LogP contribution in [0.25, 0.3) is 0 Å². The first-order chi connectivity index (χ1) is 13.7. The summed E-state index contributed by atoms with van der Waals surface area (Å²) in [6, 6.07) is 10.8. The topological polar surface area (TPSA) is 24.8 Å². The van der Waals surface area contributed by atoms with Crippen molar-refractivity contribution in [2.45, 2.75) is 31.6 Å². The summed E-state index contributed by atoms with van der Waals surface area (Å²) in [7, 11) is 0.